The standard InChI is InChI=1S/C20H30O5/c1-2-5-17(6-3-1)18-7-4-8-19-20(18)25-16-14-23-12-10-21-9-11-22-13-15-24-19/h4,7-8,17H,1-3,5-6,9-16H2. The van der Waals surface area contributed by atoms with Gasteiger partial charge in [-0.2, -0.15) is 0 Å². The van der Waals surface area contributed by atoms with E-state index in [1.807, 2.05) is 6.07 Å². The first-order chi connectivity index (χ1) is 12.4. The number of hydrogen-bond donors (Lipinski definition) is 0. The molecule has 5 heteroatoms. The highest BCUT2D eigenvalue weighted by molar-refractivity contribution is 5.48. The maximum absolute atomic E-state index is 6.12. The van der Waals surface area contributed by atoms with Crippen LogP contribution >= 0.6 is 0 Å². The van der Waals surface area contributed by atoms with E-state index < -0.39 is 0 Å². The third-order valence-electron chi connectivity index (χ3n) is 4.76. The SMILES string of the molecule is c1cc2c(c(C3CCCCC3)c1)OCCOCCOCCOCCO2. The normalized spacial score (nSPS) is 21.9. The summed E-state index contributed by atoms with van der Waals surface area (Å²) in [5.41, 5.74) is 1.28. The molecule has 0 atom stereocenters. The fraction of sp³-hybridized carbons (Fsp3) is 0.700. The maximum Gasteiger partial charge on any atom is 0.164 e. The van der Waals surface area contributed by atoms with E-state index in [0.717, 1.165) is 11.5 Å². The molecule has 5 nitrogen and oxygen atoms in total. The smallest absolute Gasteiger partial charge is 0.164 e. The number of ether oxygens (including phenoxy) is 5. The molecule has 0 aromatic heterocycles. The minimum atomic E-state index is 0.515. The molecule has 0 unspecified atom stereocenters. The summed E-state index contributed by atoms with van der Waals surface area (Å²) in [4.78, 5) is 0. The predicted octanol–water partition coefficient (Wildman–Crippen LogP) is 3.56. The van der Waals surface area contributed by atoms with Crippen molar-refractivity contribution in [2.45, 2.75) is 38.0 Å². The second-order valence-corrected chi connectivity index (χ2v) is 6.54. The van der Waals surface area contributed by atoms with Crippen LogP contribution in [-0.2, 0) is 14.2 Å². The molecule has 1 saturated carbocycles. The van der Waals surface area contributed by atoms with Crippen molar-refractivity contribution < 1.29 is 23.7 Å². The van der Waals surface area contributed by atoms with Crippen molar-refractivity contribution in [3.63, 3.8) is 0 Å². The van der Waals surface area contributed by atoms with E-state index in [2.05, 4.69) is 12.1 Å². The van der Waals surface area contributed by atoms with Crippen LogP contribution in [0.15, 0.2) is 18.2 Å². The Labute approximate surface area is 150 Å². The summed E-state index contributed by atoms with van der Waals surface area (Å²) in [6, 6.07) is 6.26. The first-order valence-electron chi connectivity index (χ1n) is 9.57. The summed E-state index contributed by atoms with van der Waals surface area (Å²) in [5, 5.41) is 0. The lowest BCUT2D eigenvalue weighted by molar-refractivity contribution is 0.00705. The van der Waals surface area contributed by atoms with Gasteiger partial charge in [-0.25, -0.2) is 0 Å². The molecule has 0 N–H and O–H groups in total. The van der Waals surface area contributed by atoms with Crippen LogP contribution in [0.1, 0.15) is 43.6 Å². The van der Waals surface area contributed by atoms with E-state index in [-0.39, 0.29) is 0 Å². The molecule has 1 aromatic carbocycles. The highest BCUT2D eigenvalue weighted by atomic mass is 16.6. The van der Waals surface area contributed by atoms with Gasteiger partial charge in [0.2, 0.25) is 0 Å². The van der Waals surface area contributed by atoms with Crippen molar-refractivity contribution in [2.24, 2.45) is 0 Å². The second kappa shape index (κ2) is 10.6. The fourth-order valence-corrected chi connectivity index (χ4v) is 3.49. The lowest BCUT2D eigenvalue weighted by Gasteiger charge is -2.25. The Morgan fingerprint density at radius 3 is 1.92 bits per heavy atom. The Bertz CT molecular complexity index is 499. The molecule has 0 amide bonds. The Hall–Kier alpha value is -1.30. The average Bonchev–Trinajstić information content (AvgIpc) is 2.67. The number of benzene rings is 1. The van der Waals surface area contributed by atoms with Gasteiger partial charge in [0.15, 0.2) is 11.5 Å². The fourth-order valence-electron chi connectivity index (χ4n) is 3.49. The van der Waals surface area contributed by atoms with Gasteiger partial charge in [0.1, 0.15) is 13.2 Å². The van der Waals surface area contributed by atoms with E-state index in [1.54, 1.807) is 0 Å². The number of rotatable bonds is 1. The third kappa shape index (κ3) is 5.87. The van der Waals surface area contributed by atoms with E-state index >= 15 is 0 Å². The summed E-state index contributed by atoms with van der Waals surface area (Å²) in [6.07, 6.45) is 6.40. The molecular formula is C20H30O5. The van der Waals surface area contributed by atoms with E-state index in [0.29, 0.717) is 58.8 Å². The molecule has 2 aliphatic rings. The Kier molecular flexibility index (Phi) is 7.87. The summed E-state index contributed by atoms with van der Waals surface area (Å²) in [6.45, 7) is 4.47. The minimum absolute atomic E-state index is 0.515. The zero-order chi connectivity index (χ0) is 17.2. The number of hydrogen-bond acceptors (Lipinski definition) is 5. The van der Waals surface area contributed by atoms with Crippen LogP contribution in [0.4, 0.5) is 0 Å². The van der Waals surface area contributed by atoms with Gasteiger partial charge < -0.3 is 23.7 Å². The minimum Gasteiger partial charge on any atom is -0.487 e. The van der Waals surface area contributed by atoms with Crippen LogP contribution in [0.5, 0.6) is 11.5 Å². The molecular weight excluding hydrogens is 320 g/mol. The highest BCUT2D eigenvalue weighted by Crippen LogP contribution is 2.41. The van der Waals surface area contributed by atoms with Gasteiger partial charge in [0.25, 0.3) is 0 Å². The van der Waals surface area contributed by atoms with Gasteiger partial charge in [0.05, 0.1) is 39.6 Å². The molecule has 0 bridgehead atoms. The second-order valence-electron chi connectivity index (χ2n) is 6.54. The average molecular weight is 350 g/mol. The molecule has 0 radical (unpaired) electrons. The Balaban J connectivity index is 1.71. The van der Waals surface area contributed by atoms with E-state index in [4.69, 9.17) is 23.7 Å². The van der Waals surface area contributed by atoms with Crippen molar-refractivity contribution in [3.8, 4) is 11.5 Å². The zero-order valence-corrected chi connectivity index (χ0v) is 15.0. The Morgan fingerprint density at radius 2 is 1.24 bits per heavy atom. The van der Waals surface area contributed by atoms with Gasteiger partial charge in [-0.05, 0) is 24.8 Å². The van der Waals surface area contributed by atoms with Gasteiger partial charge >= 0.3 is 0 Å². The van der Waals surface area contributed by atoms with Crippen molar-refractivity contribution in [1.82, 2.24) is 0 Å². The topological polar surface area (TPSA) is 46.2 Å². The van der Waals surface area contributed by atoms with Gasteiger partial charge in [0, 0.05) is 5.56 Å². The Morgan fingerprint density at radius 1 is 0.640 bits per heavy atom. The van der Waals surface area contributed by atoms with Crippen LogP contribution in [0.3, 0.4) is 0 Å². The molecule has 1 fully saturated rings. The van der Waals surface area contributed by atoms with Crippen LogP contribution in [-0.4, -0.2) is 52.9 Å². The van der Waals surface area contributed by atoms with Crippen molar-refractivity contribution in [2.75, 3.05) is 52.9 Å². The van der Waals surface area contributed by atoms with Crippen LogP contribution < -0.4 is 9.47 Å². The molecule has 1 aliphatic heterocycles. The summed E-state index contributed by atoms with van der Waals surface area (Å²) in [7, 11) is 0. The van der Waals surface area contributed by atoms with Crippen molar-refractivity contribution in [3.05, 3.63) is 23.8 Å². The maximum atomic E-state index is 6.12. The van der Waals surface area contributed by atoms with Crippen LogP contribution in [0.2, 0.25) is 0 Å². The van der Waals surface area contributed by atoms with Gasteiger partial charge in [-0.1, -0.05) is 31.4 Å². The molecule has 1 aromatic rings. The van der Waals surface area contributed by atoms with Crippen molar-refractivity contribution >= 4 is 0 Å². The summed E-state index contributed by atoms with van der Waals surface area (Å²) >= 11 is 0. The van der Waals surface area contributed by atoms with Crippen LogP contribution in [0.25, 0.3) is 0 Å². The summed E-state index contributed by atoms with van der Waals surface area (Å²) in [5.74, 6) is 2.28. The van der Waals surface area contributed by atoms with Gasteiger partial charge in [-0.3, -0.25) is 0 Å². The van der Waals surface area contributed by atoms with E-state index in [9.17, 15) is 0 Å². The number of fused-ring (bicyclic) bond motifs is 1. The van der Waals surface area contributed by atoms with Crippen molar-refractivity contribution in [1.29, 1.82) is 0 Å². The predicted molar refractivity (Wildman–Crippen MR) is 95.7 cm³/mol. The molecule has 3 rings (SSSR count). The number of para-hydroxylation sites is 1. The zero-order valence-electron chi connectivity index (χ0n) is 15.0. The quantitative estimate of drug-likeness (QED) is 0.775. The molecule has 1 heterocycles. The first-order valence-corrected chi connectivity index (χ1v) is 9.57. The lowest BCUT2D eigenvalue weighted by atomic mass is 9.83. The van der Waals surface area contributed by atoms with E-state index in [1.165, 1.54) is 37.7 Å². The largest absolute Gasteiger partial charge is 0.487 e. The monoisotopic (exact) mass is 350 g/mol. The first kappa shape index (κ1) is 18.5. The molecule has 0 spiro atoms. The summed E-state index contributed by atoms with van der Waals surface area (Å²) < 4.78 is 28.6. The molecule has 140 valence electrons. The molecule has 1 aliphatic carbocycles. The lowest BCUT2D eigenvalue weighted by Crippen LogP contribution is -2.14. The van der Waals surface area contributed by atoms with Gasteiger partial charge in [-0.15, -0.1) is 0 Å². The highest BCUT2D eigenvalue weighted by Gasteiger charge is 2.22. The third-order valence-corrected chi connectivity index (χ3v) is 4.76. The van der Waals surface area contributed by atoms with Crippen LogP contribution in [0, 0.1) is 0 Å². The molecule has 25 heavy (non-hydrogen) atoms. The molecule has 0 saturated heterocycles.